The molecule has 0 aliphatic rings. The first-order chi connectivity index (χ1) is 8.06. The normalized spacial score (nSPS) is 10.4. The monoisotopic (exact) mass is 254 g/mol. The maximum Gasteiger partial charge on any atom is 0.171 e. The first-order valence-corrected chi connectivity index (χ1v) is 5.71. The molecular formula is C12H18N2O2S. The maximum absolute atomic E-state index is 5.70. The average Bonchev–Trinajstić information content (AvgIpc) is 2.28. The summed E-state index contributed by atoms with van der Waals surface area (Å²) in [5, 5.41) is 0. The summed E-state index contributed by atoms with van der Waals surface area (Å²) in [7, 11) is 5.57. The van der Waals surface area contributed by atoms with Crippen molar-refractivity contribution in [3.05, 3.63) is 23.8 Å². The van der Waals surface area contributed by atoms with Gasteiger partial charge in [0.2, 0.25) is 0 Å². The molecule has 0 spiro atoms. The number of nitrogens with zero attached hydrogens (tertiary/aromatic N) is 1. The Balaban J connectivity index is 2.89. The first kappa shape index (κ1) is 13.7. The maximum atomic E-state index is 5.70. The fraction of sp³-hybridized carbons (Fsp3) is 0.417. The summed E-state index contributed by atoms with van der Waals surface area (Å²) in [6, 6.07) is 5.49. The van der Waals surface area contributed by atoms with Crippen LogP contribution in [0.15, 0.2) is 18.2 Å². The second kappa shape index (κ2) is 6.42. The lowest BCUT2D eigenvalue weighted by Crippen LogP contribution is -2.21. The number of para-hydroxylation sites is 1. The van der Waals surface area contributed by atoms with E-state index in [1.807, 2.05) is 37.2 Å². The smallest absolute Gasteiger partial charge is 0.171 e. The molecule has 94 valence electrons. The Hall–Kier alpha value is -1.33. The van der Waals surface area contributed by atoms with Gasteiger partial charge in [0.05, 0.1) is 12.7 Å². The molecule has 0 amide bonds. The lowest BCUT2D eigenvalue weighted by molar-refractivity contribution is 0.250. The van der Waals surface area contributed by atoms with Crippen molar-refractivity contribution in [1.29, 1.82) is 0 Å². The van der Waals surface area contributed by atoms with Gasteiger partial charge in [0.1, 0.15) is 11.6 Å². The summed E-state index contributed by atoms with van der Waals surface area (Å²) in [6.07, 6.45) is 0. The van der Waals surface area contributed by atoms with Crippen LogP contribution in [0.3, 0.4) is 0 Å². The summed E-state index contributed by atoms with van der Waals surface area (Å²) in [5.41, 5.74) is 6.36. The van der Waals surface area contributed by atoms with E-state index in [0.29, 0.717) is 28.7 Å². The van der Waals surface area contributed by atoms with Crippen molar-refractivity contribution in [3.8, 4) is 11.5 Å². The van der Waals surface area contributed by atoms with Crippen molar-refractivity contribution >= 4 is 17.2 Å². The quantitative estimate of drug-likeness (QED) is 0.775. The summed E-state index contributed by atoms with van der Waals surface area (Å²) < 4.78 is 10.9. The van der Waals surface area contributed by atoms with Gasteiger partial charge in [-0.2, -0.15) is 0 Å². The molecule has 1 aromatic carbocycles. The third kappa shape index (κ3) is 3.87. The van der Waals surface area contributed by atoms with Gasteiger partial charge in [0.25, 0.3) is 0 Å². The fourth-order valence-corrected chi connectivity index (χ4v) is 1.51. The van der Waals surface area contributed by atoms with Gasteiger partial charge in [-0.15, -0.1) is 0 Å². The van der Waals surface area contributed by atoms with E-state index in [1.54, 1.807) is 7.11 Å². The first-order valence-electron chi connectivity index (χ1n) is 5.30. The van der Waals surface area contributed by atoms with Crippen LogP contribution in [0.5, 0.6) is 11.5 Å². The number of methoxy groups -OCH3 is 1. The van der Waals surface area contributed by atoms with Crippen LogP contribution in [0, 0.1) is 0 Å². The number of rotatable bonds is 6. The average molecular weight is 254 g/mol. The third-order valence-electron chi connectivity index (χ3n) is 2.25. The van der Waals surface area contributed by atoms with Crippen LogP contribution in [0.4, 0.5) is 0 Å². The van der Waals surface area contributed by atoms with E-state index in [1.165, 1.54) is 0 Å². The molecule has 0 atom stereocenters. The van der Waals surface area contributed by atoms with Gasteiger partial charge in [-0.1, -0.05) is 18.3 Å². The summed E-state index contributed by atoms with van der Waals surface area (Å²) >= 11 is 4.99. The van der Waals surface area contributed by atoms with Crippen molar-refractivity contribution in [2.45, 2.75) is 0 Å². The number of nitrogens with two attached hydrogens (primary N) is 1. The topological polar surface area (TPSA) is 47.7 Å². The van der Waals surface area contributed by atoms with Crippen LogP contribution in [0.2, 0.25) is 0 Å². The molecular weight excluding hydrogens is 236 g/mol. The fourth-order valence-electron chi connectivity index (χ4n) is 1.35. The zero-order chi connectivity index (χ0) is 12.8. The molecule has 0 bridgehead atoms. The van der Waals surface area contributed by atoms with E-state index in [4.69, 9.17) is 27.4 Å². The molecule has 0 aromatic heterocycles. The molecule has 0 heterocycles. The molecule has 1 rings (SSSR count). The van der Waals surface area contributed by atoms with E-state index in [9.17, 15) is 0 Å². The highest BCUT2D eigenvalue weighted by atomic mass is 32.1. The number of thiocarbonyl (C=S) groups is 1. The van der Waals surface area contributed by atoms with E-state index >= 15 is 0 Å². The summed E-state index contributed by atoms with van der Waals surface area (Å²) in [5.74, 6) is 1.26. The van der Waals surface area contributed by atoms with Gasteiger partial charge >= 0.3 is 0 Å². The number of ether oxygens (including phenoxy) is 2. The van der Waals surface area contributed by atoms with Gasteiger partial charge in [-0.25, -0.2) is 0 Å². The summed E-state index contributed by atoms with van der Waals surface area (Å²) in [6.45, 7) is 1.37. The lowest BCUT2D eigenvalue weighted by Gasteiger charge is -2.16. The molecule has 2 N–H and O–H groups in total. The number of benzene rings is 1. The molecule has 0 saturated heterocycles. The minimum absolute atomic E-state index is 0.309. The van der Waals surface area contributed by atoms with Crippen LogP contribution in [0.25, 0.3) is 0 Å². The van der Waals surface area contributed by atoms with Crippen molar-refractivity contribution < 1.29 is 9.47 Å². The van der Waals surface area contributed by atoms with Crippen LogP contribution < -0.4 is 15.2 Å². The summed E-state index contributed by atoms with van der Waals surface area (Å²) in [4.78, 5) is 2.35. The van der Waals surface area contributed by atoms with Crippen LogP contribution in [-0.4, -0.2) is 44.2 Å². The molecule has 0 fully saturated rings. The Morgan fingerprint density at radius 2 is 2.12 bits per heavy atom. The lowest BCUT2D eigenvalue weighted by atomic mass is 10.2. The Labute approximate surface area is 107 Å². The van der Waals surface area contributed by atoms with E-state index < -0.39 is 0 Å². The molecule has 5 heteroatoms. The van der Waals surface area contributed by atoms with E-state index in [0.717, 1.165) is 6.54 Å². The standard InChI is InChI=1S/C12H18N2O2S/c1-14(2)7-8-16-11-9(12(13)17)5-4-6-10(11)15-3/h4-6H,7-8H2,1-3H3,(H2,13,17). The Bertz CT molecular complexity index is 394. The molecule has 1 aromatic rings. The molecule has 0 aliphatic heterocycles. The minimum Gasteiger partial charge on any atom is -0.493 e. The van der Waals surface area contributed by atoms with Gasteiger partial charge in [0.15, 0.2) is 11.5 Å². The van der Waals surface area contributed by atoms with Crippen LogP contribution >= 0.6 is 12.2 Å². The van der Waals surface area contributed by atoms with Crippen LogP contribution in [-0.2, 0) is 0 Å². The van der Waals surface area contributed by atoms with Gasteiger partial charge in [0, 0.05) is 6.54 Å². The predicted octanol–water partition coefficient (Wildman–Crippen LogP) is 1.27. The van der Waals surface area contributed by atoms with Crippen molar-refractivity contribution in [2.24, 2.45) is 5.73 Å². The highest BCUT2D eigenvalue weighted by Gasteiger charge is 2.12. The second-order valence-electron chi connectivity index (χ2n) is 3.85. The highest BCUT2D eigenvalue weighted by Crippen LogP contribution is 2.30. The largest absolute Gasteiger partial charge is 0.493 e. The van der Waals surface area contributed by atoms with Gasteiger partial charge in [-0.3, -0.25) is 0 Å². The van der Waals surface area contributed by atoms with Crippen molar-refractivity contribution in [1.82, 2.24) is 4.90 Å². The SMILES string of the molecule is COc1cccc(C(N)=S)c1OCCN(C)C. The van der Waals surface area contributed by atoms with E-state index in [-0.39, 0.29) is 0 Å². The molecule has 0 unspecified atom stereocenters. The second-order valence-corrected chi connectivity index (χ2v) is 4.29. The number of hydrogen-bond acceptors (Lipinski definition) is 4. The molecule has 0 aliphatic carbocycles. The highest BCUT2D eigenvalue weighted by molar-refractivity contribution is 7.80. The zero-order valence-corrected chi connectivity index (χ0v) is 11.2. The molecule has 17 heavy (non-hydrogen) atoms. The third-order valence-corrected chi connectivity index (χ3v) is 2.47. The van der Waals surface area contributed by atoms with Crippen LogP contribution in [0.1, 0.15) is 5.56 Å². The molecule has 0 saturated carbocycles. The number of likely N-dealkylation sites (N-methyl/N-ethyl adjacent to an activating group) is 1. The molecule has 4 nitrogen and oxygen atoms in total. The van der Waals surface area contributed by atoms with Gasteiger partial charge < -0.3 is 20.1 Å². The van der Waals surface area contributed by atoms with Gasteiger partial charge in [-0.05, 0) is 26.2 Å². The Kier molecular flexibility index (Phi) is 5.18. The molecule has 0 radical (unpaired) electrons. The Morgan fingerprint density at radius 3 is 2.65 bits per heavy atom. The minimum atomic E-state index is 0.309. The van der Waals surface area contributed by atoms with E-state index in [2.05, 4.69) is 0 Å². The predicted molar refractivity (Wildman–Crippen MR) is 72.9 cm³/mol. The Morgan fingerprint density at radius 1 is 1.41 bits per heavy atom. The zero-order valence-electron chi connectivity index (χ0n) is 10.4. The number of hydrogen-bond donors (Lipinski definition) is 1. The van der Waals surface area contributed by atoms with Crippen molar-refractivity contribution in [2.75, 3.05) is 34.4 Å². The van der Waals surface area contributed by atoms with Crippen molar-refractivity contribution in [3.63, 3.8) is 0 Å².